The van der Waals surface area contributed by atoms with E-state index in [1.165, 1.54) is 34.2 Å². The van der Waals surface area contributed by atoms with Crippen LogP contribution < -0.4 is 0 Å². The number of carbonyl (C=O) groups excluding carboxylic acids is 3. The summed E-state index contributed by atoms with van der Waals surface area (Å²) in [4.78, 5) is 50.6. The number of allylic oxidation sites excluding steroid dienone is 1. The van der Waals surface area contributed by atoms with Gasteiger partial charge in [0, 0.05) is 48.6 Å². The van der Waals surface area contributed by atoms with Gasteiger partial charge in [-0.05, 0) is 69.0 Å². The number of non-ortho nitro benzene ring substituents is 1. The van der Waals surface area contributed by atoms with Crippen molar-refractivity contribution in [1.29, 1.82) is 0 Å². The fourth-order valence-electron chi connectivity index (χ4n) is 6.04. The van der Waals surface area contributed by atoms with Gasteiger partial charge in [-0.3, -0.25) is 19.7 Å². The molecule has 1 aliphatic heterocycles. The van der Waals surface area contributed by atoms with Crippen LogP contribution in [-0.2, 0) is 35.5 Å². The second kappa shape index (κ2) is 11.6. The number of nitrogens with zero attached hydrogens (tertiary/aromatic N) is 3. The lowest BCUT2D eigenvalue weighted by Gasteiger charge is -2.32. The number of hydrogen-bond donors (Lipinski definition) is 0. The summed E-state index contributed by atoms with van der Waals surface area (Å²) in [7, 11) is -2.97. The minimum atomic E-state index is -4.22. The zero-order chi connectivity index (χ0) is 32.0. The lowest BCUT2D eigenvalue weighted by atomic mass is 9.76. The third-order valence-corrected chi connectivity index (χ3v) is 9.79. The Kier molecular flexibility index (Phi) is 8.21. The van der Waals surface area contributed by atoms with Crippen molar-refractivity contribution in [2.75, 3.05) is 20.2 Å². The zero-order valence-electron chi connectivity index (χ0n) is 24.8. The highest BCUT2D eigenvalue weighted by atomic mass is 32.2. The molecule has 0 spiro atoms. The molecule has 0 saturated carbocycles. The highest BCUT2D eigenvalue weighted by Crippen LogP contribution is 2.44. The molecular formula is C31H33N3O9S. The average Bonchev–Trinajstić information content (AvgIpc) is 3.31. The van der Waals surface area contributed by atoms with E-state index >= 15 is 0 Å². The molecule has 0 amide bonds. The maximum absolute atomic E-state index is 14.0. The van der Waals surface area contributed by atoms with Crippen molar-refractivity contribution in [2.45, 2.75) is 56.4 Å². The maximum Gasteiger partial charge on any atom is 0.419 e. The first-order valence-corrected chi connectivity index (χ1v) is 15.6. The number of aromatic nitrogens is 1. The molecular weight excluding hydrogens is 590 g/mol. The summed E-state index contributed by atoms with van der Waals surface area (Å²) in [6.07, 6.45) is 1.15. The van der Waals surface area contributed by atoms with Crippen LogP contribution in [0.3, 0.4) is 0 Å². The summed E-state index contributed by atoms with van der Waals surface area (Å²) in [5, 5.41) is 11.8. The van der Waals surface area contributed by atoms with E-state index in [1.54, 1.807) is 45.0 Å². The SMILES string of the molecule is COC(=O)[C@H]1c2c(c3ccccc3n2C(=O)OC(C)(C)C)CCN(S(=O)(=O)c2ccc([N+](=O)[O-])cc2)CC2=CC(=O)CC[C@@H]21. The Labute approximate surface area is 254 Å². The highest BCUT2D eigenvalue weighted by molar-refractivity contribution is 7.89. The molecule has 0 N–H and O–H groups in total. The molecule has 3 aromatic rings. The Balaban J connectivity index is 1.75. The molecule has 13 heteroatoms. The van der Waals surface area contributed by atoms with Crippen molar-refractivity contribution >= 4 is 44.5 Å². The van der Waals surface area contributed by atoms with Crippen LogP contribution in [0.5, 0.6) is 0 Å². The third kappa shape index (κ3) is 5.76. The predicted octanol–water partition coefficient (Wildman–Crippen LogP) is 4.74. The number of sulfonamides is 1. The molecule has 232 valence electrons. The summed E-state index contributed by atoms with van der Waals surface area (Å²) >= 11 is 0. The van der Waals surface area contributed by atoms with Crippen LogP contribution in [0, 0.1) is 16.0 Å². The minimum absolute atomic E-state index is 0.0687. The van der Waals surface area contributed by atoms with Gasteiger partial charge in [-0.25, -0.2) is 17.8 Å². The molecule has 2 atom stereocenters. The van der Waals surface area contributed by atoms with E-state index in [1.807, 2.05) is 0 Å². The van der Waals surface area contributed by atoms with E-state index in [9.17, 15) is 32.9 Å². The molecule has 5 rings (SSSR count). The monoisotopic (exact) mass is 623 g/mol. The Morgan fingerprint density at radius 2 is 1.73 bits per heavy atom. The van der Waals surface area contributed by atoms with Crippen molar-refractivity contribution in [3.8, 4) is 0 Å². The van der Waals surface area contributed by atoms with Crippen molar-refractivity contribution in [1.82, 2.24) is 8.87 Å². The fraction of sp³-hybridized carbons (Fsp3) is 0.387. The Hall–Kier alpha value is -4.36. The Bertz CT molecular complexity index is 1800. The van der Waals surface area contributed by atoms with E-state index in [0.717, 1.165) is 12.1 Å². The number of ether oxygens (including phenoxy) is 2. The van der Waals surface area contributed by atoms with Gasteiger partial charge in [-0.15, -0.1) is 0 Å². The molecule has 2 aromatic carbocycles. The Morgan fingerprint density at radius 3 is 2.36 bits per heavy atom. The maximum atomic E-state index is 14.0. The zero-order valence-corrected chi connectivity index (χ0v) is 25.6. The van der Waals surface area contributed by atoms with E-state index in [0.29, 0.717) is 27.7 Å². The van der Waals surface area contributed by atoms with Gasteiger partial charge in [-0.1, -0.05) is 18.2 Å². The normalized spacial score (nSPS) is 19.5. The van der Waals surface area contributed by atoms with Crippen molar-refractivity contribution in [2.24, 2.45) is 5.92 Å². The molecule has 44 heavy (non-hydrogen) atoms. The van der Waals surface area contributed by atoms with Gasteiger partial charge in [0.25, 0.3) is 5.69 Å². The molecule has 1 aliphatic carbocycles. The van der Waals surface area contributed by atoms with Gasteiger partial charge >= 0.3 is 12.1 Å². The number of fused-ring (bicyclic) bond motifs is 4. The van der Waals surface area contributed by atoms with E-state index in [-0.39, 0.29) is 48.7 Å². The first-order valence-electron chi connectivity index (χ1n) is 14.1. The van der Waals surface area contributed by atoms with Crippen molar-refractivity contribution < 1.29 is 37.2 Å². The molecule has 2 heterocycles. The number of rotatable bonds is 4. The first-order chi connectivity index (χ1) is 20.7. The number of para-hydroxylation sites is 1. The van der Waals surface area contributed by atoms with Crippen LogP contribution >= 0.6 is 0 Å². The fourth-order valence-corrected chi connectivity index (χ4v) is 7.47. The molecule has 2 aliphatic rings. The van der Waals surface area contributed by atoms with Crippen molar-refractivity contribution in [3.63, 3.8) is 0 Å². The standard InChI is InChI=1S/C31H33N3O9S/c1-31(2,3)43-30(37)33-26-8-6-5-7-24(26)25-15-16-32(44(40,41)22-12-9-20(10-13-22)34(38)39)18-19-17-21(35)11-14-23(19)27(28(25)33)29(36)42-4/h5-10,12-13,17,23,27H,11,14-16,18H2,1-4H3/t23-,27+/m0/s1. The summed E-state index contributed by atoms with van der Waals surface area (Å²) in [6, 6.07) is 11.7. The van der Waals surface area contributed by atoms with Gasteiger partial charge in [0.2, 0.25) is 10.0 Å². The highest BCUT2D eigenvalue weighted by Gasteiger charge is 2.43. The number of benzene rings is 2. The third-order valence-electron chi connectivity index (χ3n) is 7.93. The quantitative estimate of drug-likeness (QED) is 0.228. The largest absolute Gasteiger partial charge is 0.468 e. The van der Waals surface area contributed by atoms with Gasteiger partial charge in [0.1, 0.15) is 11.5 Å². The number of nitro benzene ring substituents is 1. The smallest absolute Gasteiger partial charge is 0.419 e. The van der Waals surface area contributed by atoms with Crippen LogP contribution in [0.4, 0.5) is 10.5 Å². The summed E-state index contributed by atoms with van der Waals surface area (Å²) in [5.41, 5.74) is 0.719. The first kappa shape index (κ1) is 31.1. The second-order valence-electron chi connectivity index (χ2n) is 11.9. The summed E-state index contributed by atoms with van der Waals surface area (Å²) in [5.74, 6) is -2.55. The number of ketones is 1. The van der Waals surface area contributed by atoms with Gasteiger partial charge in [0.15, 0.2) is 5.78 Å². The lowest BCUT2D eigenvalue weighted by molar-refractivity contribution is -0.384. The van der Waals surface area contributed by atoms with E-state index < -0.39 is 44.4 Å². The number of methoxy groups -OCH3 is 1. The number of esters is 1. The average molecular weight is 624 g/mol. The molecule has 0 unspecified atom stereocenters. The molecule has 0 fully saturated rings. The predicted molar refractivity (Wildman–Crippen MR) is 160 cm³/mol. The molecule has 1 aromatic heterocycles. The number of hydrogen-bond acceptors (Lipinski definition) is 9. The Morgan fingerprint density at radius 1 is 1.05 bits per heavy atom. The van der Waals surface area contributed by atoms with Crippen LogP contribution in [0.1, 0.15) is 50.8 Å². The van der Waals surface area contributed by atoms with E-state index in [4.69, 9.17) is 9.47 Å². The lowest BCUT2D eigenvalue weighted by Crippen LogP contribution is -2.38. The van der Waals surface area contributed by atoms with E-state index in [2.05, 4.69) is 0 Å². The molecule has 12 nitrogen and oxygen atoms in total. The van der Waals surface area contributed by atoms with Crippen LogP contribution in [0.2, 0.25) is 0 Å². The molecule has 0 bridgehead atoms. The summed E-state index contributed by atoms with van der Waals surface area (Å²) < 4.78 is 41.6. The van der Waals surface area contributed by atoms with Crippen LogP contribution in [-0.4, -0.2) is 65.9 Å². The number of carbonyl (C=O) groups is 3. The number of nitro groups is 1. The summed E-state index contributed by atoms with van der Waals surface area (Å²) in [6.45, 7) is 4.94. The van der Waals surface area contributed by atoms with Crippen LogP contribution in [0.15, 0.2) is 65.1 Å². The molecule has 0 radical (unpaired) electrons. The van der Waals surface area contributed by atoms with Gasteiger partial charge < -0.3 is 9.47 Å². The van der Waals surface area contributed by atoms with Gasteiger partial charge in [-0.2, -0.15) is 4.31 Å². The minimum Gasteiger partial charge on any atom is -0.468 e. The van der Waals surface area contributed by atoms with Gasteiger partial charge in [0.05, 0.1) is 22.4 Å². The second-order valence-corrected chi connectivity index (χ2v) is 13.8. The van der Waals surface area contributed by atoms with Crippen molar-refractivity contribution in [3.05, 3.63) is 81.6 Å². The topological polar surface area (TPSA) is 155 Å². The molecule has 0 saturated heterocycles. The van der Waals surface area contributed by atoms with Crippen LogP contribution in [0.25, 0.3) is 10.9 Å².